The summed E-state index contributed by atoms with van der Waals surface area (Å²) in [5, 5.41) is 7.65. The van der Waals surface area contributed by atoms with Crippen LogP contribution in [0.5, 0.6) is 0 Å². The number of fused-ring (bicyclic) bond motifs is 5. The number of carbonyl (C=O) groups excluding carboxylic acids is 1. The Kier molecular flexibility index (Phi) is 4.87. The number of ether oxygens (including phenoxy) is 1. The lowest BCUT2D eigenvalue weighted by molar-refractivity contribution is 0.0520. The Morgan fingerprint density at radius 3 is 2.61 bits per heavy atom. The Bertz CT molecular complexity index is 1460. The van der Waals surface area contributed by atoms with Crippen LogP contribution >= 0.6 is 15.9 Å². The van der Waals surface area contributed by atoms with E-state index in [-0.39, 0.29) is 5.69 Å². The monoisotopic (exact) mass is 473 g/mol. The first-order valence-corrected chi connectivity index (χ1v) is 10.9. The van der Waals surface area contributed by atoms with Gasteiger partial charge < -0.3 is 14.6 Å². The van der Waals surface area contributed by atoms with Crippen LogP contribution in [0.2, 0.25) is 0 Å². The molecule has 0 atom stereocenters. The predicted molar refractivity (Wildman–Crippen MR) is 129 cm³/mol. The number of esters is 1. The van der Waals surface area contributed by atoms with Crippen LogP contribution in [0.15, 0.2) is 71.2 Å². The van der Waals surface area contributed by atoms with Crippen molar-refractivity contribution in [2.75, 3.05) is 11.9 Å². The zero-order chi connectivity index (χ0) is 21.5. The van der Waals surface area contributed by atoms with Gasteiger partial charge in [-0.2, -0.15) is 0 Å². The van der Waals surface area contributed by atoms with Gasteiger partial charge in [0.25, 0.3) is 0 Å². The highest BCUT2D eigenvalue weighted by Gasteiger charge is 2.18. The Hall–Kier alpha value is -3.38. The Balaban J connectivity index is 1.83. The summed E-state index contributed by atoms with van der Waals surface area (Å²) in [5.41, 5.74) is 3.39. The third-order valence-electron chi connectivity index (χ3n) is 5.45. The molecule has 1 N–H and O–H groups in total. The molecule has 154 valence electrons. The van der Waals surface area contributed by atoms with Crippen LogP contribution in [0.25, 0.3) is 32.6 Å². The van der Waals surface area contributed by atoms with Gasteiger partial charge in [0.05, 0.1) is 12.1 Å². The van der Waals surface area contributed by atoms with E-state index in [1.54, 1.807) is 13.0 Å². The lowest BCUT2D eigenvalue weighted by Crippen LogP contribution is -2.09. The van der Waals surface area contributed by atoms with Gasteiger partial charge in [0.1, 0.15) is 5.82 Å². The van der Waals surface area contributed by atoms with Crippen LogP contribution in [0, 0.1) is 0 Å². The second kappa shape index (κ2) is 7.71. The zero-order valence-electron chi connectivity index (χ0n) is 17.1. The Labute approximate surface area is 187 Å². The molecule has 2 heterocycles. The van der Waals surface area contributed by atoms with Crippen molar-refractivity contribution in [3.63, 3.8) is 0 Å². The molecule has 0 radical (unpaired) electrons. The second-order valence-electron chi connectivity index (χ2n) is 7.34. The highest BCUT2D eigenvalue weighted by molar-refractivity contribution is 9.10. The summed E-state index contributed by atoms with van der Waals surface area (Å²) < 4.78 is 8.40. The first-order valence-electron chi connectivity index (χ1n) is 10.1. The van der Waals surface area contributed by atoms with Crippen molar-refractivity contribution in [1.29, 1.82) is 0 Å². The minimum absolute atomic E-state index is 0.284. The van der Waals surface area contributed by atoms with E-state index >= 15 is 0 Å². The standard InChI is InChI=1S/C25H20BrN3O2/c1-3-31-25(30)20-14-15-8-13-19-18-6-4-5-7-21(18)29(2)23(19)22(15)24(28-20)27-17-11-9-16(26)10-12-17/h4-14H,3H2,1-2H3,(H,27,28). The second-order valence-corrected chi connectivity index (χ2v) is 8.26. The fourth-order valence-electron chi connectivity index (χ4n) is 4.08. The summed E-state index contributed by atoms with van der Waals surface area (Å²) in [7, 11) is 2.06. The lowest BCUT2D eigenvalue weighted by atomic mass is 10.1. The van der Waals surface area contributed by atoms with Gasteiger partial charge in [-0.15, -0.1) is 0 Å². The molecule has 31 heavy (non-hydrogen) atoms. The SMILES string of the molecule is CCOC(=O)c1cc2ccc3c4ccccc4n(C)c3c2c(Nc2ccc(Br)cc2)n1. The molecule has 2 aromatic heterocycles. The molecule has 0 amide bonds. The van der Waals surface area contributed by atoms with E-state index in [1.807, 2.05) is 36.4 Å². The number of para-hydroxylation sites is 1. The number of rotatable bonds is 4. The molecule has 3 aromatic carbocycles. The van der Waals surface area contributed by atoms with Gasteiger partial charge in [0.15, 0.2) is 5.69 Å². The molecule has 0 saturated carbocycles. The van der Waals surface area contributed by atoms with E-state index in [4.69, 9.17) is 4.74 Å². The Morgan fingerprint density at radius 2 is 1.84 bits per heavy atom. The van der Waals surface area contributed by atoms with Gasteiger partial charge in [-0.05, 0) is 48.7 Å². The third-order valence-corrected chi connectivity index (χ3v) is 5.98. The summed E-state index contributed by atoms with van der Waals surface area (Å²) in [5.74, 6) is 0.194. The van der Waals surface area contributed by atoms with Crippen LogP contribution in [0.3, 0.4) is 0 Å². The summed E-state index contributed by atoms with van der Waals surface area (Å²) >= 11 is 3.47. The number of nitrogens with zero attached hydrogens (tertiary/aromatic N) is 2. The third kappa shape index (κ3) is 3.33. The fourth-order valence-corrected chi connectivity index (χ4v) is 4.35. The molecule has 6 heteroatoms. The van der Waals surface area contributed by atoms with Gasteiger partial charge in [-0.25, -0.2) is 9.78 Å². The average molecular weight is 474 g/mol. The number of pyridine rings is 1. The fraction of sp³-hybridized carbons (Fsp3) is 0.120. The maximum absolute atomic E-state index is 12.5. The van der Waals surface area contributed by atoms with Crippen LogP contribution < -0.4 is 5.32 Å². The molecule has 0 aliphatic rings. The largest absolute Gasteiger partial charge is 0.461 e. The summed E-state index contributed by atoms with van der Waals surface area (Å²) in [4.78, 5) is 17.2. The molecule has 0 saturated heterocycles. The molecule has 0 bridgehead atoms. The molecule has 5 nitrogen and oxygen atoms in total. The molecule has 5 rings (SSSR count). The van der Waals surface area contributed by atoms with Gasteiger partial charge in [-0.1, -0.05) is 46.3 Å². The number of benzene rings is 3. The number of hydrogen-bond acceptors (Lipinski definition) is 4. The highest BCUT2D eigenvalue weighted by atomic mass is 79.9. The van der Waals surface area contributed by atoms with Crippen LogP contribution in [-0.4, -0.2) is 22.1 Å². The van der Waals surface area contributed by atoms with Gasteiger partial charge in [-0.3, -0.25) is 0 Å². The predicted octanol–water partition coefficient (Wildman–Crippen LogP) is 6.56. The maximum Gasteiger partial charge on any atom is 0.357 e. The molecule has 0 unspecified atom stereocenters. The van der Waals surface area contributed by atoms with Crippen molar-refractivity contribution < 1.29 is 9.53 Å². The smallest absolute Gasteiger partial charge is 0.357 e. The van der Waals surface area contributed by atoms with Crippen LogP contribution in [0.1, 0.15) is 17.4 Å². The Morgan fingerprint density at radius 1 is 1.06 bits per heavy atom. The molecule has 0 aliphatic carbocycles. The number of nitrogens with one attached hydrogen (secondary N) is 1. The van der Waals surface area contributed by atoms with Crippen molar-refractivity contribution in [2.45, 2.75) is 6.92 Å². The zero-order valence-corrected chi connectivity index (χ0v) is 18.7. The van der Waals surface area contributed by atoms with E-state index in [0.29, 0.717) is 12.4 Å². The van der Waals surface area contributed by atoms with Crippen molar-refractivity contribution in [2.24, 2.45) is 7.05 Å². The van der Waals surface area contributed by atoms with E-state index < -0.39 is 5.97 Å². The van der Waals surface area contributed by atoms with Crippen molar-refractivity contribution >= 4 is 66.0 Å². The topological polar surface area (TPSA) is 56.1 Å². The molecule has 0 aliphatic heterocycles. The molecule has 5 aromatic rings. The molecule has 0 fully saturated rings. The first-order chi connectivity index (χ1) is 15.1. The number of anilines is 2. The number of hydrogen-bond donors (Lipinski definition) is 1. The first kappa shape index (κ1) is 19.6. The van der Waals surface area contributed by atoms with E-state index in [2.05, 4.69) is 62.1 Å². The average Bonchev–Trinajstić information content (AvgIpc) is 3.08. The van der Waals surface area contributed by atoms with Crippen molar-refractivity contribution in [1.82, 2.24) is 9.55 Å². The van der Waals surface area contributed by atoms with E-state index in [1.165, 1.54) is 5.39 Å². The molecule has 0 spiro atoms. The summed E-state index contributed by atoms with van der Waals surface area (Å²) in [6.07, 6.45) is 0. The quantitative estimate of drug-likeness (QED) is 0.300. The van der Waals surface area contributed by atoms with Crippen molar-refractivity contribution in [3.05, 3.63) is 76.9 Å². The van der Waals surface area contributed by atoms with Gasteiger partial charge in [0.2, 0.25) is 0 Å². The number of carbonyl (C=O) groups is 1. The van der Waals surface area contributed by atoms with Gasteiger partial charge in [0, 0.05) is 38.9 Å². The number of aromatic nitrogens is 2. The summed E-state index contributed by atoms with van der Waals surface area (Å²) in [6, 6.07) is 22.2. The minimum atomic E-state index is -0.430. The van der Waals surface area contributed by atoms with Crippen LogP contribution in [-0.2, 0) is 11.8 Å². The normalized spacial score (nSPS) is 11.3. The number of halogens is 1. The minimum Gasteiger partial charge on any atom is -0.461 e. The number of aryl methyl sites for hydroxylation is 1. The highest BCUT2D eigenvalue weighted by Crippen LogP contribution is 2.37. The van der Waals surface area contributed by atoms with E-state index in [0.717, 1.165) is 37.4 Å². The van der Waals surface area contributed by atoms with Crippen molar-refractivity contribution in [3.8, 4) is 0 Å². The lowest BCUT2D eigenvalue weighted by Gasteiger charge is -2.13. The van der Waals surface area contributed by atoms with E-state index in [9.17, 15) is 4.79 Å². The summed E-state index contributed by atoms with van der Waals surface area (Å²) in [6.45, 7) is 2.09. The maximum atomic E-state index is 12.5. The molecular formula is C25H20BrN3O2. The molecular weight excluding hydrogens is 454 g/mol. The van der Waals surface area contributed by atoms with Crippen LogP contribution in [0.4, 0.5) is 11.5 Å². The van der Waals surface area contributed by atoms with Gasteiger partial charge >= 0.3 is 5.97 Å².